The van der Waals surface area contributed by atoms with E-state index in [2.05, 4.69) is 42.0 Å². The van der Waals surface area contributed by atoms with Gasteiger partial charge in [-0.3, -0.25) is 0 Å². The molecule has 1 aliphatic heterocycles. The van der Waals surface area contributed by atoms with Crippen LogP contribution in [0.2, 0.25) is 0 Å². The largest absolute Gasteiger partial charge is 0.347 e. The minimum Gasteiger partial charge on any atom is -0.347 e. The van der Waals surface area contributed by atoms with Crippen molar-refractivity contribution in [2.45, 2.75) is 26.3 Å². The molecule has 1 fully saturated rings. The molecule has 0 radical (unpaired) electrons. The van der Waals surface area contributed by atoms with Crippen molar-refractivity contribution in [2.75, 3.05) is 19.3 Å². The molecule has 0 N–H and O–H groups in total. The van der Waals surface area contributed by atoms with E-state index in [4.69, 9.17) is 0 Å². The maximum absolute atomic E-state index is 11.7. The second kappa shape index (κ2) is 5.46. The van der Waals surface area contributed by atoms with Gasteiger partial charge < -0.3 is 4.57 Å². The molecule has 1 unspecified atom stereocenters. The lowest BCUT2D eigenvalue weighted by Crippen LogP contribution is -2.40. The summed E-state index contributed by atoms with van der Waals surface area (Å²) in [5.41, 5.74) is 2.50. The van der Waals surface area contributed by atoms with Crippen LogP contribution in [0.4, 0.5) is 0 Å². The van der Waals surface area contributed by atoms with Gasteiger partial charge in [0.05, 0.1) is 6.26 Å². The number of aromatic nitrogens is 1. The molecule has 0 bridgehead atoms. The lowest BCUT2D eigenvalue weighted by Gasteiger charge is -2.31. The van der Waals surface area contributed by atoms with Crippen LogP contribution in [0.5, 0.6) is 0 Å². The zero-order valence-corrected chi connectivity index (χ0v) is 13.4. The number of fused-ring (bicyclic) bond motifs is 1. The fourth-order valence-corrected chi connectivity index (χ4v) is 4.18. The molecule has 1 atom stereocenters. The lowest BCUT2D eigenvalue weighted by molar-refractivity contribution is 0.248. The molecule has 0 saturated carbocycles. The van der Waals surface area contributed by atoms with Crippen molar-refractivity contribution in [3.05, 3.63) is 36.0 Å². The van der Waals surface area contributed by atoms with Crippen molar-refractivity contribution < 1.29 is 8.42 Å². The predicted octanol–water partition coefficient (Wildman–Crippen LogP) is 2.62. The lowest BCUT2D eigenvalue weighted by atomic mass is 9.99. The molecular formula is C16H22N2O2S. The second-order valence-corrected chi connectivity index (χ2v) is 8.14. The summed E-state index contributed by atoms with van der Waals surface area (Å²) in [5.74, 6) is 0.394. The highest BCUT2D eigenvalue weighted by Crippen LogP contribution is 2.23. The molecule has 0 aliphatic carbocycles. The zero-order chi connectivity index (χ0) is 15.0. The minimum atomic E-state index is -3.06. The van der Waals surface area contributed by atoms with Crippen LogP contribution in [0.25, 0.3) is 10.9 Å². The summed E-state index contributed by atoms with van der Waals surface area (Å²) in [7, 11) is -3.06. The molecule has 1 saturated heterocycles. The minimum absolute atomic E-state index is 0.394. The Bertz CT molecular complexity index is 749. The molecular weight excluding hydrogens is 284 g/mol. The Labute approximate surface area is 126 Å². The Hall–Kier alpha value is -1.33. The van der Waals surface area contributed by atoms with Gasteiger partial charge in [-0.2, -0.15) is 0 Å². The Morgan fingerprint density at radius 2 is 2.10 bits per heavy atom. The third kappa shape index (κ3) is 3.14. The fourth-order valence-electron chi connectivity index (χ4n) is 3.23. The van der Waals surface area contributed by atoms with Gasteiger partial charge >= 0.3 is 0 Å². The first-order chi connectivity index (χ1) is 9.93. The smallest absolute Gasteiger partial charge is 0.211 e. The van der Waals surface area contributed by atoms with E-state index in [1.165, 1.54) is 22.7 Å². The van der Waals surface area contributed by atoms with Crippen LogP contribution >= 0.6 is 0 Å². The highest BCUT2D eigenvalue weighted by molar-refractivity contribution is 7.88. The highest BCUT2D eigenvalue weighted by Gasteiger charge is 2.26. The molecule has 0 amide bonds. The van der Waals surface area contributed by atoms with Crippen molar-refractivity contribution >= 4 is 20.9 Å². The number of rotatable bonds is 3. The summed E-state index contributed by atoms with van der Waals surface area (Å²) in [6, 6.07) is 8.61. The maximum atomic E-state index is 11.7. The van der Waals surface area contributed by atoms with Crippen molar-refractivity contribution in [1.29, 1.82) is 0 Å². The summed E-state index contributed by atoms with van der Waals surface area (Å²) >= 11 is 0. The Morgan fingerprint density at radius 3 is 2.86 bits per heavy atom. The number of benzene rings is 1. The van der Waals surface area contributed by atoms with Gasteiger partial charge in [0.1, 0.15) is 0 Å². The summed E-state index contributed by atoms with van der Waals surface area (Å²) in [5, 5.41) is 1.26. The van der Waals surface area contributed by atoms with Crippen LogP contribution in [-0.2, 0) is 16.6 Å². The molecule has 1 aliphatic rings. The normalized spacial score (nSPS) is 21.0. The van der Waals surface area contributed by atoms with Gasteiger partial charge in [0, 0.05) is 31.3 Å². The Balaban J connectivity index is 1.79. The molecule has 3 rings (SSSR count). The summed E-state index contributed by atoms with van der Waals surface area (Å²) in [6.45, 7) is 4.30. The van der Waals surface area contributed by atoms with Gasteiger partial charge in [-0.05, 0) is 49.3 Å². The topological polar surface area (TPSA) is 42.3 Å². The van der Waals surface area contributed by atoms with E-state index in [0.717, 1.165) is 19.4 Å². The van der Waals surface area contributed by atoms with Crippen LogP contribution in [0.15, 0.2) is 30.5 Å². The van der Waals surface area contributed by atoms with E-state index in [1.54, 1.807) is 4.31 Å². The molecule has 4 nitrogen and oxygen atoms in total. The molecule has 2 heterocycles. The van der Waals surface area contributed by atoms with E-state index in [-0.39, 0.29) is 0 Å². The SMILES string of the molecule is Cc1ccc2c(ccn2CC2CCCN(S(C)(=O)=O)C2)c1. The molecule has 5 heteroatoms. The van der Waals surface area contributed by atoms with Crippen LogP contribution < -0.4 is 0 Å². The second-order valence-electron chi connectivity index (χ2n) is 6.16. The van der Waals surface area contributed by atoms with Crippen LogP contribution in [0.3, 0.4) is 0 Å². The third-order valence-electron chi connectivity index (χ3n) is 4.33. The molecule has 1 aromatic heterocycles. The first kappa shape index (κ1) is 14.6. The average molecular weight is 306 g/mol. The predicted molar refractivity (Wildman–Crippen MR) is 85.8 cm³/mol. The Morgan fingerprint density at radius 1 is 1.29 bits per heavy atom. The first-order valence-electron chi connectivity index (χ1n) is 7.44. The van der Waals surface area contributed by atoms with Gasteiger partial charge in [0.25, 0.3) is 0 Å². The van der Waals surface area contributed by atoms with Gasteiger partial charge in [0.15, 0.2) is 0 Å². The van der Waals surface area contributed by atoms with Gasteiger partial charge in [-0.15, -0.1) is 0 Å². The van der Waals surface area contributed by atoms with Gasteiger partial charge in [-0.25, -0.2) is 12.7 Å². The van der Waals surface area contributed by atoms with E-state index in [0.29, 0.717) is 19.0 Å². The van der Waals surface area contributed by atoms with Crippen molar-refractivity contribution in [2.24, 2.45) is 5.92 Å². The molecule has 21 heavy (non-hydrogen) atoms. The van der Waals surface area contributed by atoms with E-state index in [9.17, 15) is 8.42 Å². The molecule has 114 valence electrons. The highest BCUT2D eigenvalue weighted by atomic mass is 32.2. The summed E-state index contributed by atoms with van der Waals surface area (Å²) < 4.78 is 27.3. The Kier molecular flexibility index (Phi) is 3.80. The van der Waals surface area contributed by atoms with Crippen molar-refractivity contribution in [3.63, 3.8) is 0 Å². The van der Waals surface area contributed by atoms with E-state index >= 15 is 0 Å². The zero-order valence-electron chi connectivity index (χ0n) is 12.6. The number of piperidine rings is 1. The van der Waals surface area contributed by atoms with E-state index < -0.39 is 10.0 Å². The molecule has 2 aromatic rings. The molecule has 1 aromatic carbocycles. The number of nitrogens with zero attached hydrogens (tertiary/aromatic N) is 2. The van der Waals surface area contributed by atoms with Gasteiger partial charge in [-0.1, -0.05) is 11.6 Å². The fraction of sp³-hybridized carbons (Fsp3) is 0.500. The van der Waals surface area contributed by atoms with Crippen molar-refractivity contribution in [3.8, 4) is 0 Å². The molecule has 0 spiro atoms. The van der Waals surface area contributed by atoms with Crippen LogP contribution in [0.1, 0.15) is 18.4 Å². The summed E-state index contributed by atoms with van der Waals surface area (Å²) in [4.78, 5) is 0. The van der Waals surface area contributed by atoms with E-state index in [1.807, 2.05) is 0 Å². The first-order valence-corrected chi connectivity index (χ1v) is 9.29. The summed E-state index contributed by atoms with van der Waals surface area (Å²) in [6.07, 6.45) is 5.47. The van der Waals surface area contributed by atoms with Gasteiger partial charge in [0.2, 0.25) is 10.0 Å². The number of hydrogen-bond acceptors (Lipinski definition) is 2. The third-order valence-corrected chi connectivity index (χ3v) is 5.60. The number of aryl methyl sites for hydroxylation is 1. The monoisotopic (exact) mass is 306 g/mol. The van der Waals surface area contributed by atoms with Crippen LogP contribution in [0, 0.1) is 12.8 Å². The van der Waals surface area contributed by atoms with Crippen LogP contribution in [-0.4, -0.2) is 36.6 Å². The maximum Gasteiger partial charge on any atom is 0.211 e. The number of hydrogen-bond donors (Lipinski definition) is 0. The number of sulfonamides is 1. The van der Waals surface area contributed by atoms with Crippen molar-refractivity contribution in [1.82, 2.24) is 8.87 Å². The quantitative estimate of drug-likeness (QED) is 0.875. The average Bonchev–Trinajstić information content (AvgIpc) is 2.80. The standard InChI is InChI=1S/C16H22N2O2S/c1-13-5-6-16-15(10-13)7-9-17(16)11-14-4-3-8-18(12-14)21(2,19)20/h5-7,9-10,14H,3-4,8,11-12H2,1-2H3.